The van der Waals surface area contributed by atoms with E-state index in [0.29, 0.717) is 25.7 Å². The highest BCUT2D eigenvalue weighted by Gasteiger charge is 2.16. The molecular formula is C16H26N4O2. The summed E-state index contributed by atoms with van der Waals surface area (Å²) in [5.41, 5.74) is 1.02. The molecule has 1 aromatic rings. The van der Waals surface area contributed by atoms with Crippen molar-refractivity contribution in [2.24, 2.45) is 10.1 Å². The molecule has 0 aliphatic rings. The zero-order valence-electron chi connectivity index (χ0n) is 13.8. The summed E-state index contributed by atoms with van der Waals surface area (Å²) in [6.45, 7) is 5.50. The number of hydrogen-bond donors (Lipinski definition) is 1. The average molecular weight is 306 g/mol. The summed E-state index contributed by atoms with van der Waals surface area (Å²) in [5, 5.41) is 9.26. The van der Waals surface area contributed by atoms with Crippen LogP contribution in [-0.2, 0) is 9.47 Å². The van der Waals surface area contributed by atoms with Crippen molar-refractivity contribution < 1.29 is 9.47 Å². The number of ether oxygens (including phenoxy) is 2. The van der Waals surface area contributed by atoms with E-state index >= 15 is 0 Å². The van der Waals surface area contributed by atoms with Crippen molar-refractivity contribution in [3.05, 3.63) is 35.9 Å². The van der Waals surface area contributed by atoms with Gasteiger partial charge in [0.15, 0.2) is 6.29 Å². The molecule has 6 nitrogen and oxygen atoms in total. The van der Waals surface area contributed by atoms with Gasteiger partial charge in [-0.1, -0.05) is 30.3 Å². The number of aliphatic imine (C=N–C) groups is 1. The van der Waals surface area contributed by atoms with E-state index in [-0.39, 0.29) is 6.29 Å². The molecule has 0 heterocycles. The summed E-state index contributed by atoms with van der Waals surface area (Å²) in [7, 11) is 3.52. The zero-order chi connectivity index (χ0) is 16.2. The second-order valence-electron chi connectivity index (χ2n) is 4.37. The van der Waals surface area contributed by atoms with E-state index in [1.54, 1.807) is 18.3 Å². The third-order valence-corrected chi connectivity index (χ3v) is 2.85. The van der Waals surface area contributed by atoms with Crippen LogP contribution >= 0.6 is 0 Å². The molecule has 0 radical (unpaired) electrons. The maximum Gasteiger partial charge on any atom is 0.214 e. The number of benzene rings is 1. The molecule has 0 atom stereocenters. The third kappa shape index (κ3) is 6.24. The van der Waals surface area contributed by atoms with E-state index in [2.05, 4.69) is 15.4 Å². The number of guanidine groups is 1. The highest BCUT2D eigenvalue weighted by atomic mass is 16.7. The molecule has 0 amide bonds. The topological polar surface area (TPSA) is 58.5 Å². The van der Waals surface area contributed by atoms with Crippen LogP contribution in [0.4, 0.5) is 0 Å². The van der Waals surface area contributed by atoms with Crippen molar-refractivity contribution in [2.45, 2.75) is 20.1 Å². The van der Waals surface area contributed by atoms with Gasteiger partial charge in [0.25, 0.3) is 0 Å². The van der Waals surface area contributed by atoms with E-state index < -0.39 is 0 Å². The molecule has 22 heavy (non-hydrogen) atoms. The molecular weight excluding hydrogens is 280 g/mol. The average Bonchev–Trinajstić information content (AvgIpc) is 2.55. The van der Waals surface area contributed by atoms with Crippen molar-refractivity contribution in [3.8, 4) is 0 Å². The summed E-state index contributed by atoms with van der Waals surface area (Å²) >= 11 is 0. The number of nitrogens with one attached hydrogen (secondary N) is 1. The Balaban J connectivity index is 2.85. The molecule has 1 aromatic carbocycles. The molecule has 1 rings (SSSR count). The Morgan fingerprint density at radius 3 is 2.36 bits per heavy atom. The predicted molar refractivity (Wildman–Crippen MR) is 90.2 cm³/mol. The fourth-order valence-corrected chi connectivity index (χ4v) is 1.89. The molecule has 0 fully saturated rings. The third-order valence-electron chi connectivity index (χ3n) is 2.85. The number of nitrogens with zero attached hydrogens (tertiary/aromatic N) is 3. The number of hydrazone groups is 1. The molecule has 0 aromatic heterocycles. The normalized spacial score (nSPS) is 12.1. The van der Waals surface area contributed by atoms with E-state index in [4.69, 9.17) is 9.47 Å². The van der Waals surface area contributed by atoms with Gasteiger partial charge in [-0.3, -0.25) is 4.99 Å². The first-order chi connectivity index (χ1) is 10.7. The summed E-state index contributed by atoms with van der Waals surface area (Å²) in [4.78, 5) is 4.20. The van der Waals surface area contributed by atoms with E-state index in [1.165, 1.54) is 0 Å². The van der Waals surface area contributed by atoms with Crippen LogP contribution in [0, 0.1) is 0 Å². The predicted octanol–water partition coefficient (Wildman–Crippen LogP) is 1.93. The Labute approximate surface area is 132 Å². The monoisotopic (exact) mass is 306 g/mol. The Kier molecular flexibility index (Phi) is 8.86. The molecule has 0 aliphatic carbocycles. The second-order valence-corrected chi connectivity index (χ2v) is 4.37. The fraction of sp³-hybridized carbons (Fsp3) is 0.500. The van der Waals surface area contributed by atoms with Crippen molar-refractivity contribution in [1.29, 1.82) is 0 Å². The molecule has 0 saturated carbocycles. The fourth-order valence-electron chi connectivity index (χ4n) is 1.89. The molecule has 1 N–H and O–H groups in total. The smallest absolute Gasteiger partial charge is 0.214 e. The number of hydrogen-bond acceptors (Lipinski definition) is 4. The van der Waals surface area contributed by atoms with Crippen LogP contribution in [0.15, 0.2) is 40.4 Å². The second kappa shape index (κ2) is 10.8. The minimum Gasteiger partial charge on any atom is -0.358 e. The molecule has 6 heteroatoms. The first kappa shape index (κ1) is 18.1. The lowest BCUT2D eigenvalue weighted by Gasteiger charge is -2.25. The lowest BCUT2D eigenvalue weighted by atomic mass is 10.2. The van der Waals surface area contributed by atoms with Crippen molar-refractivity contribution in [2.75, 3.05) is 33.9 Å². The zero-order valence-corrected chi connectivity index (χ0v) is 13.8. The van der Waals surface area contributed by atoms with Crippen molar-refractivity contribution in [3.63, 3.8) is 0 Å². The van der Waals surface area contributed by atoms with Crippen LogP contribution in [-0.4, -0.2) is 57.3 Å². The van der Waals surface area contributed by atoms with Gasteiger partial charge >= 0.3 is 0 Å². The quantitative estimate of drug-likeness (QED) is 0.345. The maximum absolute atomic E-state index is 5.58. The van der Waals surface area contributed by atoms with Gasteiger partial charge in [-0.25, -0.2) is 5.01 Å². The Hall–Kier alpha value is -1.92. The Morgan fingerprint density at radius 2 is 1.86 bits per heavy atom. The summed E-state index contributed by atoms with van der Waals surface area (Å²) < 4.78 is 11.2. The molecule has 0 bridgehead atoms. The van der Waals surface area contributed by atoms with Gasteiger partial charge in [-0.2, -0.15) is 5.10 Å². The van der Waals surface area contributed by atoms with Crippen LogP contribution < -0.4 is 5.32 Å². The van der Waals surface area contributed by atoms with Crippen LogP contribution in [0.2, 0.25) is 0 Å². The van der Waals surface area contributed by atoms with Crippen LogP contribution in [0.1, 0.15) is 19.4 Å². The van der Waals surface area contributed by atoms with Gasteiger partial charge in [-0.15, -0.1) is 0 Å². The Morgan fingerprint density at radius 1 is 1.23 bits per heavy atom. The standard InChI is InChI=1S/C16H26N4O2/c1-5-21-15(22-6-2)13-20(16(17-3)18-4)19-12-14-10-8-7-9-11-14/h7-12,15H,5-6,13H2,1-4H3,(H,17,18). The minimum atomic E-state index is -0.354. The SMILES string of the molecule is CCOC(CN(N=Cc1ccccc1)C(=NC)NC)OCC. The highest BCUT2D eigenvalue weighted by Crippen LogP contribution is 2.03. The molecule has 0 spiro atoms. The van der Waals surface area contributed by atoms with Gasteiger partial charge in [0.05, 0.1) is 12.8 Å². The molecule has 0 aliphatic heterocycles. The van der Waals surface area contributed by atoms with Crippen LogP contribution in [0.5, 0.6) is 0 Å². The van der Waals surface area contributed by atoms with Gasteiger partial charge < -0.3 is 14.8 Å². The van der Waals surface area contributed by atoms with Crippen molar-refractivity contribution >= 4 is 12.2 Å². The Bertz CT molecular complexity index is 456. The maximum atomic E-state index is 5.58. The summed E-state index contributed by atoms with van der Waals surface area (Å²) in [6.07, 6.45) is 1.44. The van der Waals surface area contributed by atoms with Crippen LogP contribution in [0.25, 0.3) is 0 Å². The summed E-state index contributed by atoms with van der Waals surface area (Å²) in [5.74, 6) is 0.650. The van der Waals surface area contributed by atoms with E-state index in [9.17, 15) is 0 Å². The molecule has 0 unspecified atom stereocenters. The van der Waals surface area contributed by atoms with Gasteiger partial charge in [0.2, 0.25) is 5.96 Å². The largest absolute Gasteiger partial charge is 0.358 e. The van der Waals surface area contributed by atoms with Crippen molar-refractivity contribution in [1.82, 2.24) is 10.3 Å². The van der Waals surface area contributed by atoms with E-state index in [0.717, 1.165) is 5.56 Å². The van der Waals surface area contributed by atoms with Crippen LogP contribution in [0.3, 0.4) is 0 Å². The van der Waals surface area contributed by atoms with Gasteiger partial charge in [0, 0.05) is 27.3 Å². The minimum absolute atomic E-state index is 0.354. The summed E-state index contributed by atoms with van der Waals surface area (Å²) in [6, 6.07) is 9.91. The van der Waals surface area contributed by atoms with Gasteiger partial charge in [0.1, 0.15) is 0 Å². The van der Waals surface area contributed by atoms with Gasteiger partial charge in [-0.05, 0) is 19.4 Å². The first-order valence-electron chi connectivity index (χ1n) is 7.49. The first-order valence-corrected chi connectivity index (χ1v) is 7.49. The molecule has 0 saturated heterocycles. The highest BCUT2D eigenvalue weighted by molar-refractivity contribution is 5.83. The van der Waals surface area contributed by atoms with E-state index in [1.807, 2.05) is 51.2 Å². The lowest BCUT2D eigenvalue weighted by Crippen LogP contribution is -2.42. The molecule has 122 valence electrons. The number of rotatable bonds is 8. The lowest BCUT2D eigenvalue weighted by molar-refractivity contribution is -0.141.